The second kappa shape index (κ2) is 8.88. The van der Waals surface area contributed by atoms with Gasteiger partial charge in [0.15, 0.2) is 11.5 Å². The van der Waals surface area contributed by atoms with Crippen molar-refractivity contribution in [2.75, 3.05) is 27.3 Å². The van der Waals surface area contributed by atoms with Crippen molar-refractivity contribution < 1.29 is 22.7 Å². The number of carbonyl (C=O) groups excluding carboxylic acids is 1. The van der Waals surface area contributed by atoms with E-state index in [1.165, 1.54) is 13.1 Å². The van der Waals surface area contributed by atoms with Gasteiger partial charge >= 0.3 is 0 Å². The maximum atomic E-state index is 12.4. The third kappa shape index (κ3) is 4.99. The predicted octanol–water partition coefficient (Wildman–Crippen LogP) is 2.03. The zero-order valence-electron chi connectivity index (χ0n) is 15.8. The van der Waals surface area contributed by atoms with E-state index in [0.29, 0.717) is 17.1 Å². The lowest BCUT2D eigenvalue weighted by atomic mass is 10.1. The minimum Gasteiger partial charge on any atom is -0.493 e. The molecule has 0 saturated carbocycles. The summed E-state index contributed by atoms with van der Waals surface area (Å²) in [6.45, 7) is 3.99. The van der Waals surface area contributed by atoms with E-state index in [0.717, 1.165) is 5.56 Å². The molecule has 0 aliphatic heterocycles. The molecule has 146 valence electrons. The number of ether oxygens (including phenoxy) is 2. The number of amides is 1. The van der Waals surface area contributed by atoms with Crippen LogP contribution in [-0.2, 0) is 10.0 Å². The highest BCUT2D eigenvalue weighted by atomic mass is 32.2. The molecule has 2 rings (SSSR count). The molecule has 0 unspecified atom stereocenters. The van der Waals surface area contributed by atoms with Gasteiger partial charge in [0.25, 0.3) is 5.91 Å². The van der Waals surface area contributed by atoms with Crippen LogP contribution in [0.25, 0.3) is 0 Å². The summed E-state index contributed by atoms with van der Waals surface area (Å²) in [5, 5.41) is 2.73. The van der Waals surface area contributed by atoms with Crippen LogP contribution < -0.4 is 19.5 Å². The Bertz CT molecular complexity index is 926. The molecule has 0 bridgehead atoms. The van der Waals surface area contributed by atoms with Gasteiger partial charge in [-0.15, -0.1) is 0 Å². The number of carbonyl (C=O) groups is 1. The van der Waals surface area contributed by atoms with E-state index >= 15 is 0 Å². The van der Waals surface area contributed by atoms with Gasteiger partial charge in [0.1, 0.15) is 6.61 Å². The molecule has 27 heavy (non-hydrogen) atoms. The van der Waals surface area contributed by atoms with E-state index in [1.807, 2.05) is 12.1 Å². The lowest BCUT2D eigenvalue weighted by Gasteiger charge is -2.13. The fraction of sp³-hybridized carbons (Fsp3) is 0.316. The number of para-hydroxylation sites is 2. The second-order valence-electron chi connectivity index (χ2n) is 5.88. The number of rotatable bonds is 8. The van der Waals surface area contributed by atoms with E-state index in [-0.39, 0.29) is 29.5 Å². The first-order valence-electron chi connectivity index (χ1n) is 8.39. The molecule has 1 amide bonds. The van der Waals surface area contributed by atoms with Crippen molar-refractivity contribution in [1.82, 2.24) is 10.0 Å². The second-order valence-corrected chi connectivity index (χ2v) is 7.73. The molecule has 0 aromatic heterocycles. The fourth-order valence-corrected chi connectivity index (χ4v) is 3.58. The van der Waals surface area contributed by atoms with Crippen molar-refractivity contribution in [3.05, 3.63) is 53.1 Å². The average molecular weight is 392 g/mol. The van der Waals surface area contributed by atoms with Crippen LogP contribution in [0.4, 0.5) is 0 Å². The number of hydrogen-bond donors (Lipinski definition) is 2. The molecule has 0 radical (unpaired) electrons. The molecule has 0 fully saturated rings. The summed E-state index contributed by atoms with van der Waals surface area (Å²) in [6, 6.07) is 10.3. The Morgan fingerprint density at radius 3 is 2.41 bits per heavy atom. The van der Waals surface area contributed by atoms with Gasteiger partial charge in [0.2, 0.25) is 10.0 Å². The standard InChI is InChI=1S/C19H24N2O5S/c1-13-11-15(12-18(14(13)2)27(23,24)20-3)19(22)21-9-10-26-17-8-6-5-7-16(17)25-4/h5-8,11-12,20H,9-10H2,1-4H3,(H,21,22). The van der Waals surface area contributed by atoms with E-state index in [9.17, 15) is 13.2 Å². The van der Waals surface area contributed by atoms with Crippen molar-refractivity contribution in [2.45, 2.75) is 18.7 Å². The van der Waals surface area contributed by atoms with Gasteiger partial charge in [0, 0.05) is 5.56 Å². The average Bonchev–Trinajstić information content (AvgIpc) is 2.67. The molecule has 0 aliphatic carbocycles. The molecule has 2 aromatic rings. The van der Waals surface area contributed by atoms with Crippen molar-refractivity contribution in [3.63, 3.8) is 0 Å². The minimum absolute atomic E-state index is 0.0976. The van der Waals surface area contributed by atoms with Crippen LogP contribution in [0.3, 0.4) is 0 Å². The van der Waals surface area contributed by atoms with Gasteiger partial charge in [-0.05, 0) is 56.3 Å². The Hall–Kier alpha value is -2.58. The third-order valence-electron chi connectivity index (χ3n) is 4.15. The van der Waals surface area contributed by atoms with Crippen molar-refractivity contribution >= 4 is 15.9 Å². The van der Waals surface area contributed by atoms with Crippen LogP contribution in [-0.4, -0.2) is 41.6 Å². The SMILES string of the molecule is CNS(=O)(=O)c1cc(C(=O)NCCOc2ccccc2OC)cc(C)c1C. The molecule has 2 N–H and O–H groups in total. The highest BCUT2D eigenvalue weighted by molar-refractivity contribution is 7.89. The molecule has 0 aliphatic rings. The van der Waals surface area contributed by atoms with Crippen LogP contribution in [0.2, 0.25) is 0 Å². The largest absolute Gasteiger partial charge is 0.493 e. The molecular formula is C19H24N2O5S. The Kier molecular flexibility index (Phi) is 6.81. The number of methoxy groups -OCH3 is 1. The molecule has 8 heteroatoms. The van der Waals surface area contributed by atoms with E-state index in [1.54, 1.807) is 39.2 Å². The number of hydrogen-bond acceptors (Lipinski definition) is 5. The van der Waals surface area contributed by atoms with Crippen LogP contribution in [0.5, 0.6) is 11.5 Å². The van der Waals surface area contributed by atoms with Crippen LogP contribution in [0.15, 0.2) is 41.3 Å². The smallest absolute Gasteiger partial charge is 0.251 e. The normalized spacial score (nSPS) is 11.1. The molecular weight excluding hydrogens is 368 g/mol. The highest BCUT2D eigenvalue weighted by Gasteiger charge is 2.19. The lowest BCUT2D eigenvalue weighted by Crippen LogP contribution is -2.29. The van der Waals surface area contributed by atoms with Gasteiger partial charge < -0.3 is 14.8 Å². The first kappa shape index (κ1) is 20.7. The number of aryl methyl sites for hydroxylation is 1. The number of nitrogens with one attached hydrogen (secondary N) is 2. The lowest BCUT2D eigenvalue weighted by molar-refractivity contribution is 0.0946. The molecule has 0 spiro atoms. The maximum Gasteiger partial charge on any atom is 0.251 e. The molecule has 0 heterocycles. The maximum absolute atomic E-state index is 12.4. The summed E-state index contributed by atoms with van der Waals surface area (Å²) in [6.07, 6.45) is 0. The Morgan fingerprint density at radius 1 is 1.11 bits per heavy atom. The van der Waals surface area contributed by atoms with Gasteiger partial charge in [-0.2, -0.15) is 0 Å². The summed E-state index contributed by atoms with van der Waals surface area (Å²) in [7, 11) is -0.749. The van der Waals surface area contributed by atoms with Crippen LogP contribution >= 0.6 is 0 Å². The number of sulfonamides is 1. The van der Waals surface area contributed by atoms with Gasteiger partial charge in [0.05, 0.1) is 18.6 Å². The van der Waals surface area contributed by atoms with Crippen molar-refractivity contribution in [1.29, 1.82) is 0 Å². The molecule has 0 atom stereocenters. The Balaban J connectivity index is 2.04. The molecule has 2 aromatic carbocycles. The number of benzene rings is 2. The summed E-state index contributed by atoms with van der Waals surface area (Å²) in [4.78, 5) is 12.5. The summed E-state index contributed by atoms with van der Waals surface area (Å²) in [5.74, 6) is 0.831. The molecule has 0 saturated heterocycles. The van der Waals surface area contributed by atoms with Gasteiger partial charge in [-0.1, -0.05) is 12.1 Å². The van der Waals surface area contributed by atoms with Gasteiger partial charge in [-0.3, -0.25) is 4.79 Å². The first-order chi connectivity index (χ1) is 12.8. The first-order valence-corrected chi connectivity index (χ1v) is 9.87. The zero-order chi connectivity index (χ0) is 20.0. The van der Waals surface area contributed by atoms with Crippen molar-refractivity contribution in [2.24, 2.45) is 0 Å². The molecule has 7 nitrogen and oxygen atoms in total. The minimum atomic E-state index is -3.64. The topological polar surface area (TPSA) is 93.7 Å². The fourth-order valence-electron chi connectivity index (χ4n) is 2.51. The third-order valence-corrected chi connectivity index (χ3v) is 5.69. The Morgan fingerprint density at radius 2 is 1.78 bits per heavy atom. The van der Waals surface area contributed by atoms with Crippen molar-refractivity contribution in [3.8, 4) is 11.5 Å². The summed E-state index contributed by atoms with van der Waals surface area (Å²) < 4.78 is 37.4. The van der Waals surface area contributed by atoms with E-state index in [2.05, 4.69) is 10.0 Å². The van der Waals surface area contributed by atoms with E-state index in [4.69, 9.17) is 9.47 Å². The van der Waals surface area contributed by atoms with Crippen LogP contribution in [0.1, 0.15) is 21.5 Å². The highest BCUT2D eigenvalue weighted by Crippen LogP contribution is 2.25. The monoisotopic (exact) mass is 392 g/mol. The zero-order valence-corrected chi connectivity index (χ0v) is 16.6. The van der Waals surface area contributed by atoms with Crippen LogP contribution in [0, 0.1) is 13.8 Å². The Labute approximate surface area is 159 Å². The van der Waals surface area contributed by atoms with E-state index < -0.39 is 10.0 Å². The van der Waals surface area contributed by atoms with Gasteiger partial charge in [-0.25, -0.2) is 13.1 Å². The quantitative estimate of drug-likeness (QED) is 0.671. The summed E-state index contributed by atoms with van der Waals surface area (Å²) in [5.41, 5.74) is 1.62. The predicted molar refractivity (Wildman–Crippen MR) is 103 cm³/mol. The summed E-state index contributed by atoms with van der Waals surface area (Å²) >= 11 is 0.